The molecule has 0 unspecified atom stereocenters. The topological polar surface area (TPSA) is 20.2 Å². The second-order valence-corrected chi connectivity index (χ2v) is 10.7. The molecule has 1 N–H and O–H groups in total. The van der Waals surface area contributed by atoms with Crippen molar-refractivity contribution in [3.8, 4) is 0 Å². The van der Waals surface area contributed by atoms with Crippen LogP contribution in [0.2, 0.25) is 19.6 Å². The van der Waals surface area contributed by atoms with Crippen LogP contribution in [-0.4, -0.2) is 19.3 Å². The number of hydrogen-bond donors (Lipinski definition) is 1. The molecule has 0 radical (unpaired) electrons. The summed E-state index contributed by atoms with van der Waals surface area (Å²) in [5.74, 6) is 0.467. The van der Waals surface area contributed by atoms with Crippen LogP contribution >= 0.6 is 0 Å². The Balaban J connectivity index is 2.73. The predicted molar refractivity (Wildman–Crippen MR) is 68.6 cm³/mol. The average molecular weight is 224 g/mol. The first kappa shape index (κ1) is 12.8. The fourth-order valence-electron chi connectivity index (χ4n) is 2.50. The van der Waals surface area contributed by atoms with Gasteiger partial charge in [0.15, 0.2) is 0 Å². The van der Waals surface area contributed by atoms with Crippen LogP contribution in [0, 0.1) is 5.92 Å². The monoisotopic (exact) mass is 224 g/mol. The minimum atomic E-state index is -1.44. The molecule has 1 aliphatic rings. The highest BCUT2D eigenvalue weighted by Gasteiger charge is 2.31. The largest absolute Gasteiger partial charge is 0.388 e. The third-order valence-electron chi connectivity index (χ3n) is 3.39. The molecule has 86 valence electrons. The van der Waals surface area contributed by atoms with E-state index in [1.807, 2.05) is 0 Å². The smallest absolute Gasteiger partial charge is 0.0857 e. The molecule has 0 aromatic heterocycles. The van der Waals surface area contributed by atoms with Crippen molar-refractivity contribution < 1.29 is 5.11 Å². The van der Waals surface area contributed by atoms with Gasteiger partial charge in [0.05, 0.1) is 14.2 Å². The molecule has 0 amide bonds. The van der Waals surface area contributed by atoms with E-state index >= 15 is 0 Å². The van der Waals surface area contributed by atoms with E-state index in [4.69, 9.17) is 0 Å². The van der Waals surface area contributed by atoms with Gasteiger partial charge in [0, 0.05) is 0 Å². The Morgan fingerprint density at radius 2 is 1.80 bits per heavy atom. The maximum absolute atomic E-state index is 10.4. The number of aliphatic hydroxyl groups excluding tert-OH is 1. The molecule has 2 heteroatoms. The van der Waals surface area contributed by atoms with E-state index in [0.29, 0.717) is 5.92 Å². The Morgan fingerprint density at radius 3 is 2.20 bits per heavy atom. The van der Waals surface area contributed by atoms with Crippen molar-refractivity contribution in [3.05, 3.63) is 17.5 Å². The van der Waals surface area contributed by atoms with Crippen LogP contribution in [0.1, 0.15) is 32.1 Å². The van der Waals surface area contributed by atoms with Crippen molar-refractivity contribution in [2.24, 2.45) is 5.92 Å². The van der Waals surface area contributed by atoms with Crippen molar-refractivity contribution in [1.82, 2.24) is 0 Å². The summed E-state index contributed by atoms with van der Waals surface area (Å²) in [5, 5.41) is 11.5. The van der Waals surface area contributed by atoms with Crippen LogP contribution in [0.15, 0.2) is 17.5 Å². The van der Waals surface area contributed by atoms with E-state index in [9.17, 15) is 5.11 Å². The van der Waals surface area contributed by atoms with Crippen molar-refractivity contribution in [3.63, 3.8) is 0 Å². The molecule has 1 fully saturated rings. The average Bonchev–Trinajstić information content (AvgIpc) is 2.18. The molecule has 0 aromatic carbocycles. The highest BCUT2D eigenvalue weighted by Crippen LogP contribution is 2.31. The van der Waals surface area contributed by atoms with E-state index in [0.717, 1.165) is 5.20 Å². The number of hydrogen-bond acceptors (Lipinski definition) is 1. The Kier molecular flexibility index (Phi) is 4.39. The molecule has 0 saturated heterocycles. The second-order valence-electron chi connectivity index (χ2n) is 5.68. The zero-order valence-electron chi connectivity index (χ0n) is 10.3. The Morgan fingerprint density at radius 1 is 1.27 bits per heavy atom. The molecule has 1 atom stereocenters. The molecule has 0 heterocycles. The number of aliphatic hydroxyl groups is 1. The van der Waals surface area contributed by atoms with Crippen molar-refractivity contribution in [1.29, 1.82) is 0 Å². The van der Waals surface area contributed by atoms with Gasteiger partial charge in [-0.05, 0) is 24.0 Å². The second kappa shape index (κ2) is 5.15. The van der Waals surface area contributed by atoms with Gasteiger partial charge < -0.3 is 5.11 Å². The molecule has 0 spiro atoms. The van der Waals surface area contributed by atoms with E-state index in [2.05, 4.69) is 32.0 Å². The third-order valence-corrected chi connectivity index (χ3v) is 5.48. The van der Waals surface area contributed by atoms with Crippen molar-refractivity contribution in [2.75, 3.05) is 0 Å². The van der Waals surface area contributed by atoms with Gasteiger partial charge in [-0.2, -0.15) is 0 Å². The summed E-state index contributed by atoms with van der Waals surface area (Å²) in [5.41, 5.74) is 3.02. The van der Waals surface area contributed by atoms with Crippen LogP contribution in [0.25, 0.3) is 0 Å². The van der Waals surface area contributed by atoms with Gasteiger partial charge in [0.25, 0.3) is 0 Å². The van der Waals surface area contributed by atoms with E-state index < -0.39 is 8.07 Å². The van der Waals surface area contributed by atoms with E-state index in [-0.39, 0.29) is 6.10 Å². The van der Waals surface area contributed by atoms with Gasteiger partial charge in [-0.25, -0.2) is 0 Å². The number of rotatable bonds is 3. The lowest BCUT2D eigenvalue weighted by molar-refractivity contribution is 0.120. The lowest BCUT2D eigenvalue weighted by Gasteiger charge is -2.32. The van der Waals surface area contributed by atoms with Gasteiger partial charge in [-0.3, -0.25) is 0 Å². The summed E-state index contributed by atoms with van der Waals surface area (Å²) in [6.07, 6.45) is 5.97. The molecule has 1 saturated carbocycles. The molecule has 0 bridgehead atoms. The minimum absolute atomic E-state index is 0.269. The molecular weight excluding hydrogens is 200 g/mol. The zero-order chi connectivity index (χ0) is 11.5. The summed E-state index contributed by atoms with van der Waals surface area (Å²) in [6, 6.07) is 0. The van der Waals surface area contributed by atoms with Gasteiger partial charge in [0.2, 0.25) is 0 Å². The van der Waals surface area contributed by atoms with Gasteiger partial charge >= 0.3 is 0 Å². The maximum Gasteiger partial charge on any atom is 0.0857 e. The summed E-state index contributed by atoms with van der Waals surface area (Å²) < 4.78 is 0. The van der Waals surface area contributed by atoms with E-state index in [1.165, 1.54) is 32.1 Å². The van der Waals surface area contributed by atoms with Gasteiger partial charge in [-0.1, -0.05) is 45.5 Å². The highest BCUT2D eigenvalue weighted by molar-refractivity contribution is 6.83. The van der Waals surface area contributed by atoms with Crippen LogP contribution in [0.4, 0.5) is 0 Å². The Bertz CT molecular complexity index is 252. The molecule has 0 aliphatic heterocycles. The molecule has 0 aromatic rings. The van der Waals surface area contributed by atoms with E-state index in [1.54, 1.807) is 0 Å². The lowest BCUT2D eigenvalue weighted by Crippen LogP contribution is -2.36. The Labute approximate surface area is 94.9 Å². The molecule has 1 rings (SSSR count). The first-order valence-electron chi connectivity index (χ1n) is 6.05. The first-order chi connectivity index (χ1) is 6.96. The lowest BCUT2D eigenvalue weighted by atomic mass is 9.85. The minimum Gasteiger partial charge on any atom is -0.388 e. The molecule has 1 aliphatic carbocycles. The summed E-state index contributed by atoms with van der Waals surface area (Å²) in [6.45, 7) is 10.5. The molecule has 1 nitrogen and oxygen atoms in total. The first-order valence-corrected chi connectivity index (χ1v) is 9.55. The summed E-state index contributed by atoms with van der Waals surface area (Å²) in [7, 11) is -1.44. The van der Waals surface area contributed by atoms with Crippen LogP contribution in [0.3, 0.4) is 0 Å². The molecule has 15 heavy (non-hydrogen) atoms. The summed E-state index contributed by atoms with van der Waals surface area (Å²) >= 11 is 0. The molecular formula is C13H24OSi. The van der Waals surface area contributed by atoms with Gasteiger partial charge in [0.1, 0.15) is 0 Å². The van der Waals surface area contributed by atoms with Crippen molar-refractivity contribution >= 4 is 8.07 Å². The van der Waals surface area contributed by atoms with Crippen molar-refractivity contribution in [2.45, 2.75) is 57.8 Å². The van der Waals surface area contributed by atoms with Gasteiger partial charge in [-0.15, -0.1) is 5.73 Å². The van der Waals surface area contributed by atoms with Crippen LogP contribution < -0.4 is 0 Å². The third kappa shape index (κ3) is 3.34. The highest BCUT2D eigenvalue weighted by atomic mass is 28.3. The Hall–Kier alpha value is -0.303. The van der Waals surface area contributed by atoms with Crippen LogP contribution in [0.5, 0.6) is 0 Å². The zero-order valence-corrected chi connectivity index (χ0v) is 11.3. The summed E-state index contributed by atoms with van der Waals surface area (Å²) in [4.78, 5) is 0. The fraction of sp³-hybridized carbons (Fsp3) is 0.769. The quantitative estimate of drug-likeness (QED) is 0.574. The van der Waals surface area contributed by atoms with Crippen LogP contribution in [-0.2, 0) is 0 Å². The maximum atomic E-state index is 10.4. The fourth-order valence-corrected chi connectivity index (χ4v) is 4.15. The normalized spacial score (nSPS) is 20.8. The standard InChI is InChI=1S/C13H24OSi/c1-5-12(15(2,3)4)13(14)11-9-7-6-8-10-11/h11,13-14H,1,6-10H2,2-4H3/t13-/m1/s1. The predicted octanol–water partition coefficient (Wildman–Crippen LogP) is 3.52. The SMILES string of the molecule is C=C=C([C@H](O)C1CCCCC1)[Si](C)(C)C.